The van der Waals surface area contributed by atoms with Crippen LogP contribution in [0.25, 0.3) is 0 Å². The summed E-state index contributed by atoms with van der Waals surface area (Å²) in [5.41, 5.74) is 0.661. The smallest absolute Gasteiger partial charge is 0.410 e. The molecule has 1 amide bonds. The molecule has 2 aliphatic heterocycles. The van der Waals surface area contributed by atoms with Gasteiger partial charge in [-0.2, -0.15) is 4.31 Å². The zero-order valence-electron chi connectivity index (χ0n) is 23.2. The number of carbonyl (C=O) groups excluding carboxylic acids is 1. The number of aromatic nitrogens is 2. The number of sulfonamides is 1. The minimum atomic E-state index is -3.35. The number of carbonyl (C=O) groups is 1. The summed E-state index contributed by atoms with van der Waals surface area (Å²) in [5, 5.41) is 0. The fraction of sp³-hybridized carbons (Fsp3) is 0.621. The van der Waals surface area contributed by atoms with E-state index in [9.17, 15) is 13.2 Å². The summed E-state index contributed by atoms with van der Waals surface area (Å²) in [6.45, 7) is 5.93. The van der Waals surface area contributed by atoms with E-state index >= 15 is 0 Å². The Labute approximate surface area is 236 Å². The number of rotatable bonds is 9. The van der Waals surface area contributed by atoms with Crippen molar-refractivity contribution in [3.63, 3.8) is 0 Å². The van der Waals surface area contributed by atoms with Gasteiger partial charge in [0.2, 0.25) is 15.9 Å². The fourth-order valence-corrected chi connectivity index (χ4v) is 7.74. The number of hydrogen-bond acceptors (Lipinski definition) is 8. The van der Waals surface area contributed by atoms with E-state index in [2.05, 4.69) is 14.9 Å². The predicted molar refractivity (Wildman–Crippen MR) is 151 cm³/mol. The van der Waals surface area contributed by atoms with Gasteiger partial charge in [-0.05, 0) is 56.9 Å². The summed E-state index contributed by atoms with van der Waals surface area (Å²) < 4.78 is 39.6. The Kier molecular flexibility index (Phi) is 7.37. The Hall–Kier alpha value is -2.92. The molecule has 0 N–H and O–H groups in total. The number of ether oxygens (including phenoxy) is 2. The first-order valence-corrected chi connectivity index (χ1v) is 16.1. The van der Waals surface area contributed by atoms with E-state index < -0.39 is 10.0 Å². The average molecular weight is 570 g/mol. The molecule has 4 aliphatic rings. The summed E-state index contributed by atoms with van der Waals surface area (Å²) in [6.07, 6.45) is 8.64. The Balaban J connectivity index is 0.938. The number of likely N-dealkylation sites (tertiary alicyclic amines) is 1. The van der Waals surface area contributed by atoms with Crippen LogP contribution in [0.5, 0.6) is 5.88 Å². The van der Waals surface area contributed by atoms with E-state index in [1.807, 2.05) is 37.3 Å². The Morgan fingerprint density at radius 3 is 2.25 bits per heavy atom. The first-order chi connectivity index (χ1) is 19.2. The zero-order valence-corrected chi connectivity index (χ0v) is 24.0. The second kappa shape index (κ2) is 10.8. The molecule has 1 aromatic heterocycles. The van der Waals surface area contributed by atoms with Crippen LogP contribution in [-0.4, -0.2) is 90.9 Å². The van der Waals surface area contributed by atoms with Crippen molar-refractivity contribution in [2.45, 2.75) is 56.5 Å². The Bertz CT molecular complexity index is 1280. The van der Waals surface area contributed by atoms with Gasteiger partial charge in [0.1, 0.15) is 11.4 Å². The number of hydrogen-bond donors (Lipinski definition) is 0. The first kappa shape index (κ1) is 27.3. The molecular weight excluding hydrogens is 530 g/mol. The second-order valence-electron chi connectivity index (χ2n) is 12.1. The molecule has 0 atom stereocenters. The number of piperidine rings is 1. The van der Waals surface area contributed by atoms with Crippen LogP contribution in [0, 0.1) is 5.92 Å². The maximum atomic E-state index is 13.3. The molecule has 40 heavy (non-hydrogen) atoms. The van der Waals surface area contributed by atoms with Gasteiger partial charge in [0.15, 0.2) is 0 Å². The summed E-state index contributed by atoms with van der Waals surface area (Å²) in [4.78, 5) is 25.2. The molecule has 2 aliphatic carbocycles. The molecule has 2 saturated heterocycles. The molecule has 0 radical (unpaired) electrons. The van der Waals surface area contributed by atoms with E-state index in [1.54, 1.807) is 21.6 Å². The maximum Gasteiger partial charge on any atom is 0.410 e. The third-order valence-corrected chi connectivity index (χ3v) is 11.0. The third-order valence-electron chi connectivity index (χ3n) is 8.90. The minimum Gasteiger partial charge on any atom is -0.476 e. The van der Waals surface area contributed by atoms with Crippen molar-refractivity contribution >= 4 is 21.9 Å². The number of benzene rings is 1. The van der Waals surface area contributed by atoms with Crippen molar-refractivity contribution in [2.75, 3.05) is 56.5 Å². The van der Waals surface area contributed by atoms with Crippen molar-refractivity contribution in [1.82, 2.24) is 19.2 Å². The Morgan fingerprint density at radius 2 is 1.65 bits per heavy atom. The normalized spacial score (nSPS) is 22.5. The van der Waals surface area contributed by atoms with Gasteiger partial charge in [-0.3, -0.25) is 0 Å². The van der Waals surface area contributed by atoms with Crippen LogP contribution in [0.4, 0.5) is 10.6 Å². The highest BCUT2D eigenvalue weighted by atomic mass is 32.2. The molecule has 2 aromatic rings. The van der Waals surface area contributed by atoms with Crippen molar-refractivity contribution in [3.8, 4) is 5.88 Å². The molecule has 0 spiro atoms. The number of amides is 1. The first-order valence-electron chi connectivity index (χ1n) is 14.4. The van der Waals surface area contributed by atoms with Gasteiger partial charge >= 0.3 is 6.09 Å². The molecule has 4 fully saturated rings. The minimum absolute atomic E-state index is 0.179. The molecule has 10 nitrogen and oxygen atoms in total. The number of piperazine rings is 1. The van der Waals surface area contributed by atoms with Gasteiger partial charge in [0.05, 0.1) is 24.8 Å². The maximum absolute atomic E-state index is 13.3. The molecule has 216 valence electrons. The quantitative estimate of drug-likeness (QED) is 0.452. The summed E-state index contributed by atoms with van der Waals surface area (Å²) in [5.74, 6) is 1.74. The molecule has 3 heterocycles. The van der Waals surface area contributed by atoms with E-state index in [1.165, 1.54) is 0 Å². The van der Waals surface area contributed by atoms with E-state index in [0.717, 1.165) is 49.9 Å². The van der Waals surface area contributed by atoms with Gasteiger partial charge in [-0.15, -0.1) is 0 Å². The van der Waals surface area contributed by atoms with E-state index in [-0.39, 0.29) is 22.9 Å². The van der Waals surface area contributed by atoms with Crippen LogP contribution in [0.3, 0.4) is 0 Å². The van der Waals surface area contributed by atoms with Crippen molar-refractivity contribution in [3.05, 3.63) is 48.3 Å². The van der Waals surface area contributed by atoms with E-state index in [0.29, 0.717) is 57.7 Å². The highest BCUT2D eigenvalue weighted by molar-refractivity contribution is 7.89. The second-order valence-corrected chi connectivity index (χ2v) is 14.0. The standard InChI is InChI=1S/C29H39N5O5S/c1-28(9-10-28)39-27(35)33-13-7-23(8-14-33)21-38-26-20-30-25(19-31-26)32-15-17-34(18-16-32)40(36,37)22-29(11-12-29)24-5-3-2-4-6-24/h2-6,19-20,23H,7-18,21-22H2,1H3. The lowest BCUT2D eigenvalue weighted by Gasteiger charge is -2.35. The fourth-order valence-electron chi connectivity index (χ4n) is 5.68. The zero-order chi connectivity index (χ0) is 27.8. The van der Waals surface area contributed by atoms with Gasteiger partial charge in [0, 0.05) is 44.7 Å². The third kappa shape index (κ3) is 6.20. The molecule has 1 aromatic carbocycles. The van der Waals surface area contributed by atoms with Crippen LogP contribution < -0.4 is 9.64 Å². The monoisotopic (exact) mass is 569 g/mol. The molecule has 0 unspecified atom stereocenters. The van der Waals surface area contributed by atoms with Gasteiger partial charge in [-0.1, -0.05) is 30.3 Å². The van der Waals surface area contributed by atoms with Crippen molar-refractivity contribution in [1.29, 1.82) is 0 Å². The van der Waals surface area contributed by atoms with Gasteiger partial charge in [-0.25, -0.2) is 23.2 Å². The highest BCUT2D eigenvalue weighted by Crippen LogP contribution is 2.49. The van der Waals surface area contributed by atoms with Crippen LogP contribution in [0.1, 0.15) is 51.0 Å². The molecule has 6 rings (SSSR count). The number of nitrogens with zero attached hydrogens (tertiary/aromatic N) is 5. The molecular formula is C29H39N5O5S. The lowest BCUT2D eigenvalue weighted by atomic mass is 9.98. The largest absolute Gasteiger partial charge is 0.476 e. The Morgan fingerprint density at radius 1 is 0.950 bits per heavy atom. The summed E-state index contributed by atoms with van der Waals surface area (Å²) >= 11 is 0. The highest BCUT2D eigenvalue weighted by Gasteiger charge is 2.49. The summed E-state index contributed by atoms with van der Waals surface area (Å²) in [7, 11) is -3.35. The SMILES string of the molecule is CC1(OC(=O)N2CCC(COc3cnc(N4CCN(S(=O)(=O)CC5(c6ccccc6)CC5)CC4)cn3)CC2)CC1. The molecule has 0 bridgehead atoms. The van der Waals surface area contributed by atoms with Crippen LogP contribution in [0.15, 0.2) is 42.7 Å². The van der Waals surface area contributed by atoms with Crippen LogP contribution >= 0.6 is 0 Å². The lowest BCUT2D eigenvalue weighted by Crippen LogP contribution is -2.50. The van der Waals surface area contributed by atoms with Crippen molar-refractivity contribution < 1.29 is 22.7 Å². The lowest BCUT2D eigenvalue weighted by molar-refractivity contribution is 0.0454. The average Bonchev–Trinajstić information content (AvgIpc) is 3.91. The van der Waals surface area contributed by atoms with Gasteiger partial charge in [0.25, 0.3) is 0 Å². The van der Waals surface area contributed by atoms with Crippen molar-refractivity contribution in [2.24, 2.45) is 5.92 Å². The molecule has 11 heteroatoms. The van der Waals surface area contributed by atoms with Crippen LogP contribution in [0.2, 0.25) is 0 Å². The topological polar surface area (TPSA) is 105 Å². The summed E-state index contributed by atoms with van der Waals surface area (Å²) in [6, 6.07) is 10.0. The predicted octanol–water partition coefficient (Wildman–Crippen LogP) is 3.44. The van der Waals surface area contributed by atoms with Crippen LogP contribution in [-0.2, 0) is 20.2 Å². The van der Waals surface area contributed by atoms with E-state index in [4.69, 9.17) is 9.47 Å². The number of anilines is 1. The molecule has 2 saturated carbocycles. The van der Waals surface area contributed by atoms with Gasteiger partial charge < -0.3 is 19.3 Å².